The van der Waals surface area contributed by atoms with E-state index in [4.69, 9.17) is 25.9 Å². The fourth-order valence-electron chi connectivity index (χ4n) is 2.92. The van der Waals surface area contributed by atoms with Gasteiger partial charge in [0.15, 0.2) is 12.4 Å². The fraction of sp³-hybridized carbons (Fsp3) is 0.278. The number of nitrogens with zero attached hydrogens (tertiary/aromatic N) is 1. The molecule has 0 unspecified atom stereocenters. The maximum atomic E-state index is 6.24. The van der Waals surface area contributed by atoms with Gasteiger partial charge in [-0.3, -0.25) is 0 Å². The molecule has 1 saturated heterocycles. The molecule has 5 heteroatoms. The highest BCUT2D eigenvalue weighted by molar-refractivity contribution is 6.31. The normalized spacial score (nSPS) is 26.8. The first-order valence-electron chi connectivity index (χ1n) is 7.59. The molecule has 1 fully saturated rings. The largest absolute Gasteiger partial charge is 0.389 e. The van der Waals surface area contributed by atoms with E-state index in [0.717, 1.165) is 16.8 Å². The van der Waals surface area contributed by atoms with Crippen LogP contribution in [0.25, 0.3) is 0 Å². The molecule has 2 aromatic carbocycles. The van der Waals surface area contributed by atoms with Crippen molar-refractivity contribution in [1.29, 1.82) is 0 Å². The highest BCUT2D eigenvalue weighted by Gasteiger charge is 2.39. The number of rotatable bonds is 2. The minimum Gasteiger partial charge on any atom is -0.389 e. The van der Waals surface area contributed by atoms with E-state index in [-0.39, 0.29) is 12.0 Å². The number of benzene rings is 2. The lowest BCUT2D eigenvalue weighted by Gasteiger charge is -2.17. The van der Waals surface area contributed by atoms with Gasteiger partial charge in [0.25, 0.3) is 0 Å². The second-order valence-electron chi connectivity index (χ2n) is 5.61. The van der Waals surface area contributed by atoms with Crippen molar-refractivity contribution in [3.05, 3.63) is 70.7 Å². The van der Waals surface area contributed by atoms with Crippen LogP contribution in [-0.4, -0.2) is 25.0 Å². The summed E-state index contributed by atoms with van der Waals surface area (Å²) in [5.74, 6) is 0.0601. The maximum absolute atomic E-state index is 6.24. The van der Waals surface area contributed by atoms with Gasteiger partial charge < -0.3 is 14.3 Å². The van der Waals surface area contributed by atoms with Gasteiger partial charge in [-0.15, -0.1) is 0 Å². The van der Waals surface area contributed by atoms with Crippen LogP contribution in [0.1, 0.15) is 17.4 Å². The molecular formula is C18H16ClNO3. The van der Waals surface area contributed by atoms with Crippen molar-refractivity contribution in [2.45, 2.75) is 12.4 Å². The lowest BCUT2D eigenvalue weighted by atomic mass is 9.93. The monoisotopic (exact) mass is 329 g/mol. The van der Waals surface area contributed by atoms with E-state index in [1.54, 1.807) is 0 Å². The molecule has 2 heterocycles. The van der Waals surface area contributed by atoms with Crippen molar-refractivity contribution < 1.29 is 14.3 Å². The number of halogens is 1. The molecule has 2 aliphatic rings. The van der Waals surface area contributed by atoms with Gasteiger partial charge in [0.05, 0.1) is 24.8 Å². The van der Waals surface area contributed by atoms with Gasteiger partial charge in [-0.25, -0.2) is 0 Å². The Hall–Kier alpha value is -1.88. The number of hydrogen-bond acceptors (Lipinski definition) is 4. The first kappa shape index (κ1) is 14.7. The van der Waals surface area contributed by atoms with Gasteiger partial charge in [-0.05, 0) is 11.6 Å². The summed E-state index contributed by atoms with van der Waals surface area (Å²) < 4.78 is 11.8. The Labute approximate surface area is 139 Å². The minimum atomic E-state index is -0.477. The third-order valence-corrected chi connectivity index (χ3v) is 4.50. The molecule has 2 aromatic rings. The second kappa shape index (κ2) is 6.32. The van der Waals surface area contributed by atoms with E-state index >= 15 is 0 Å². The lowest BCUT2D eigenvalue weighted by molar-refractivity contribution is -0.139. The summed E-state index contributed by atoms with van der Waals surface area (Å²) in [5.41, 5.74) is 2.81. The van der Waals surface area contributed by atoms with E-state index in [1.807, 2.05) is 54.6 Å². The van der Waals surface area contributed by atoms with Gasteiger partial charge in [0, 0.05) is 10.6 Å². The molecule has 118 valence electrons. The number of hydrogen-bond donors (Lipinski definition) is 0. The van der Waals surface area contributed by atoms with Gasteiger partial charge in [-0.2, -0.15) is 0 Å². The zero-order valence-electron chi connectivity index (χ0n) is 12.4. The van der Waals surface area contributed by atoms with Crippen LogP contribution in [0.5, 0.6) is 0 Å². The highest BCUT2D eigenvalue weighted by Crippen LogP contribution is 2.33. The summed E-state index contributed by atoms with van der Waals surface area (Å²) in [6, 6.07) is 17.6. The topological polar surface area (TPSA) is 40.0 Å². The molecule has 0 saturated carbocycles. The molecule has 0 aromatic heterocycles. The highest BCUT2D eigenvalue weighted by atomic mass is 35.5. The Morgan fingerprint density at radius 3 is 2.48 bits per heavy atom. The zero-order chi connectivity index (χ0) is 15.6. The summed E-state index contributed by atoms with van der Waals surface area (Å²) in [6.45, 7) is 0.897. The lowest BCUT2D eigenvalue weighted by Crippen LogP contribution is -2.29. The number of oxime groups is 1. The van der Waals surface area contributed by atoms with Crippen molar-refractivity contribution in [1.82, 2.24) is 0 Å². The Kier molecular flexibility index (Phi) is 4.04. The van der Waals surface area contributed by atoms with Crippen molar-refractivity contribution >= 4 is 17.3 Å². The van der Waals surface area contributed by atoms with Crippen LogP contribution in [0.3, 0.4) is 0 Å². The maximum Gasteiger partial charge on any atom is 0.185 e. The van der Waals surface area contributed by atoms with Crippen LogP contribution in [0.4, 0.5) is 0 Å². The molecule has 4 nitrogen and oxygen atoms in total. The second-order valence-corrected chi connectivity index (χ2v) is 6.02. The number of fused-ring (bicyclic) bond motifs is 1. The van der Waals surface area contributed by atoms with E-state index in [0.29, 0.717) is 18.2 Å². The summed E-state index contributed by atoms with van der Waals surface area (Å²) in [6.07, 6.45) is -0.604. The van der Waals surface area contributed by atoms with Crippen molar-refractivity contribution in [3.63, 3.8) is 0 Å². The van der Waals surface area contributed by atoms with Crippen LogP contribution < -0.4 is 0 Å². The van der Waals surface area contributed by atoms with Gasteiger partial charge in [0.1, 0.15) is 0 Å². The van der Waals surface area contributed by atoms with Gasteiger partial charge >= 0.3 is 0 Å². The fourth-order valence-corrected chi connectivity index (χ4v) is 3.14. The molecule has 0 spiro atoms. The van der Waals surface area contributed by atoms with Crippen LogP contribution in [0.2, 0.25) is 5.02 Å². The summed E-state index contributed by atoms with van der Waals surface area (Å²) in [5, 5.41) is 4.88. The molecule has 3 atom stereocenters. The van der Waals surface area contributed by atoms with Crippen LogP contribution >= 0.6 is 11.6 Å². The van der Waals surface area contributed by atoms with E-state index in [1.165, 1.54) is 0 Å². The molecule has 0 aliphatic carbocycles. The predicted molar refractivity (Wildman–Crippen MR) is 87.4 cm³/mol. The van der Waals surface area contributed by atoms with E-state index in [2.05, 4.69) is 5.16 Å². The molecule has 23 heavy (non-hydrogen) atoms. The van der Waals surface area contributed by atoms with Crippen LogP contribution in [-0.2, 0) is 14.3 Å². The predicted octanol–water partition coefficient (Wildman–Crippen LogP) is 3.80. The first-order valence-corrected chi connectivity index (χ1v) is 7.97. The Balaban J connectivity index is 1.54. The molecule has 4 rings (SSSR count). The number of ether oxygens (including phenoxy) is 2. The standard InChI is InChI=1S/C18H16ClNO3/c19-15-9-5-4-8-13(15)18-21-10-14-16(11-22-18)23-20-17(14)12-6-2-1-3-7-12/h1-9,14,16,18H,10-11H2/t14-,16+,18+/m1/s1. The first-order chi connectivity index (χ1) is 11.3. The van der Waals surface area contributed by atoms with E-state index < -0.39 is 6.29 Å². The van der Waals surface area contributed by atoms with Crippen molar-refractivity contribution in [3.8, 4) is 0 Å². The molecule has 0 bridgehead atoms. The molecule has 0 N–H and O–H groups in total. The summed E-state index contributed by atoms with van der Waals surface area (Å²) in [7, 11) is 0. The Bertz CT molecular complexity index is 719. The molecule has 0 radical (unpaired) electrons. The van der Waals surface area contributed by atoms with Crippen LogP contribution in [0, 0.1) is 5.92 Å². The smallest absolute Gasteiger partial charge is 0.185 e. The summed E-state index contributed by atoms with van der Waals surface area (Å²) in [4.78, 5) is 5.57. The molecular weight excluding hydrogens is 314 g/mol. The SMILES string of the molecule is Clc1ccccc1[C@@H]1OC[C@@H]2ON=C(c3ccccc3)[C@@H]2CO1. The third-order valence-electron chi connectivity index (χ3n) is 4.15. The third kappa shape index (κ3) is 2.85. The Morgan fingerprint density at radius 2 is 1.65 bits per heavy atom. The average Bonchev–Trinajstić information content (AvgIpc) is 2.88. The Morgan fingerprint density at radius 1 is 0.913 bits per heavy atom. The summed E-state index contributed by atoms with van der Waals surface area (Å²) >= 11 is 6.24. The molecule has 2 aliphatic heterocycles. The van der Waals surface area contributed by atoms with Crippen LogP contribution in [0.15, 0.2) is 59.8 Å². The van der Waals surface area contributed by atoms with Crippen molar-refractivity contribution in [2.24, 2.45) is 11.1 Å². The van der Waals surface area contributed by atoms with E-state index in [9.17, 15) is 0 Å². The van der Waals surface area contributed by atoms with Gasteiger partial charge in [-0.1, -0.05) is 65.3 Å². The van der Waals surface area contributed by atoms with Gasteiger partial charge in [0.2, 0.25) is 0 Å². The average molecular weight is 330 g/mol. The van der Waals surface area contributed by atoms with Crippen molar-refractivity contribution in [2.75, 3.05) is 13.2 Å². The molecule has 0 amide bonds. The quantitative estimate of drug-likeness (QED) is 0.841. The minimum absolute atomic E-state index is 0.0601. The zero-order valence-corrected chi connectivity index (χ0v) is 13.1.